The molecule has 56 valence electrons. The molecule has 0 unspecified atom stereocenters. The number of aromatic nitrogens is 3. The minimum Gasteiger partial charge on any atom is -0.283 e. The molecule has 1 N–H and O–H groups in total. The molecular formula is C6H11N3S. The van der Waals surface area contributed by atoms with Crippen LogP contribution < -0.4 is 0 Å². The summed E-state index contributed by atoms with van der Waals surface area (Å²) in [5.74, 6) is 0.874. The Morgan fingerprint density at radius 1 is 1.60 bits per heavy atom. The first-order valence-corrected chi connectivity index (χ1v) is 3.67. The summed E-state index contributed by atoms with van der Waals surface area (Å²) >= 11 is 4.97. The van der Waals surface area contributed by atoms with Crippen molar-refractivity contribution in [2.45, 2.75) is 26.8 Å². The van der Waals surface area contributed by atoms with Crippen molar-refractivity contribution in [2.24, 2.45) is 0 Å². The van der Waals surface area contributed by atoms with Crippen LogP contribution in [0.5, 0.6) is 0 Å². The molecule has 0 aliphatic heterocycles. The highest BCUT2D eigenvalue weighted by molar-refractivity contribution is 7.71. The lowest BCUT2D eigenvalue weighted by Gasteiger charge is -2.03. The highest BCUT2D eigenvalue weighted by Gasteiger charge is 1.99. The van der Waals surface area contributed by atoms with Crippen molar-refractivity contribution < 1.29 is 0 Å². The van der Waals surface area contributed by atoms with E-state index >= 15 is 0 Å². The van der Waals surface area contributed by atoms with Crippen molar-refractivity contribution in [2.75, 3.05) is 0 Å². The molecular weight excluding hydrogens is 146 g/mol. The number of H-pyrrole nitrogens is 1. The second kappa shape index (κ2) is 2.54. The molecule has 0 fully saturated rings. The zero-order chi connectivity index (χ0) is 7.72. The van der Waals surface area contributed by atoms with Crippen LogP contribution in [-0.4, -0.2) is 14.8 Å². The molecule has 1 aromatic rings. The summed E-state index contributed by atoms with van der Waals surface area (Å²) in [4.78, 5) is 4.05. The van der Waals surface area contributed by atoms with Gasteiger partial charge in [-0.05, 0) is 33.0 Å². The predicted octanol–water partition coefficient (Wildman–Crippen LogP) is 1.83. The van der Waals surface area contributed by atoms with E-state index < -0.39 is 0 Å². The highest BCUT2D eigenvalue weighted by atomic mass is 32.1. The van der Waals surface area contributed by atoms with Crippen LogP contribution in [0.25, 0.3) is 0 Å². The Hall–Kier alpha value is -0.640. The average molecular weight is 157 g/mol. The Morgan fingerprint density at radius 3 is 2.40 bits per heavy atom. The van der Waals surface area contributed by atoms with E-state index in [9.17, 15) is 0 Å². The quantitative estimate of drug-likeness (QED) is 0.631. The number of aryl methyl sites for hydroxylation is 1. The van der Waals surface area contributed by atoms with Crippen LogP contribution in [0.15, 0.2) is 0 Å². The monoisotopic (exact) mass is 157 g/mol. The van der Waals surface area contributed by atoms with E-state index in [1.807, 2.05) is 11.6 Å². The van der Waals surface area contributed by atoms with Crippen LogP contribution in [0.3, 0.4) is 0 Å². The smallest absolute Gasteiger partial charge is 0.216 e. The fourth-order valence-corrected chi connectivity index (χ4v) is 1.19. The van der Waals surface area contributed by atoms with E-state index in [0.717, 1.165) is 5.82 Å². The summed E-state index contributed by atoms with van der Waals surface area (Å²) < 4.78 is 2.50. The van der Waals surface area contributed by atoms with E-state index in [-0.39, 0.29) is 0 Å². The van der Waals surface area contributed by atoms with E-state index in [1.54, 1.807) is 0 Å². The normalized spacial score (nSPS) is 10.8. The van der Waals surface area contributed by atoms with Crippen molar-refractivity contribution in [1.82, 2.24) is 14.8 Å². The van der Waals surface area contributed by atoms with E-state index in [2.05, 4.69) is 23.9 Å². The zero-order valence-electron chi connectivity index (χ0n) is 6.38. The molecule has 4 heteroatoms. The van der Waals surface area contributed by atoms with Gasteiger partial charge in [-0.3, -0.25) is 9.78 Å². The third-order valence-electron chi connectivity index (χ3n) is 1.27. The minimum absolute atomic E-state index is 0.369. The zero-order valence-corrected chi connectivity index (χ0v) is 7.20. The number of rotatable bonds is 1. The van der Waals surface area contributed by atoms with Crippen molar-refractivity contribution in [3.05, 3.63) is 10.6 Å². The summed E-state index contributed by atoms with van der Waals surface area (Å²) in [6.45, 7) is 6.02. The van der Waals surface area contributed by atoms with Crippen LogP contribution in [0.2, 0.25) is 0 Å². The van der Waals surface area contributed by atoms with Crippen LogP contribution >= 0.6 is 12.2 Å². The van der Waals surface area contributed by atoms with Crippen molar-refractivity contribution in [3.8, 4) is 0 Å². The molecule has 10 heavy (non-hydrogen) atoms. The third-order valence-corrected chi connectivity index (χ3v) is 1.56. The Kier molecular flexibility index (Phi) is 1.89. The molecule has 0 saturated carbocycles. The number of nitrogens with one attached hydrogen (secondary N) is 1. The second-order valence-electron chi connectivity index (χ2n) is 2.56. The van der Waals surface area contributed by atoms with Crippen molar-refractivity contribution in [1.29, 1.82) is 0 Å². The van der Waals surface area contributed by atoms with Gasteiger partial charge in [0.2, 0.25) is 4.77 Å². The second-order valence-corrected chi connectivity index (χ2v) is 2.92. The number of aromatic amines is 1. The molecule has 0 atom stereocenters. The molecule has 0 aromatic carbocycles. The first kappa shape index (κ1) is 7.47. The van der Waals surface area contributed by atoms with Gasteiger partial charge in [0.05, 0.1) is 0 Å². The van der Waals surface area contributed by atoms with Crippen molar-refractivity contribution in [3.63, 3.8) is 0 Å². The number of nitrogens with zero attached hydrogens (tertiary/aromatic N) is 2. The van der Waals surface area contributed by atoms with E-state index in [4.69, 9.17) is 12.2 Å². The fourth-order valence-electron chi connectivity index (χ4n) is 0.794. The first-order valence-electron chi connectivity index (χ1n) is 3.26. The lowest BCUT2D eigenvalue weighted by Crippen LogP contribution is -2.02. The largest absolute Gasteiger partial charge is 0.283 e. The topological polar surface area (TPSA) is 33.6 Å². The molecule has 0 aliphatic rings. The highest BCUT2D eigenvalue weighted by Crippen LogP contribution is 2.02. The Bertz CT molecular complexity index is 271. The lowest BCUT2D eigenvalue weighted by atomic mass is 10.4. The fraction of sp³-hybridized carbons (Fsp3) is 0.667. The van der Waals surface area contributed by atoms with E-state index in [0.29, 0.717) is 10.8 Å². The molecule has 0 amide bonds. The van der Waals surface area contributed by atoms with Gasteiger partial charge in [-0.25, -0.2) is 4.98 Å². The predicted molar refractivity (Wildman–Crippen MR) is 42.5 cm³/mol. The standard InChI is InChI=1S/C6H11N3S/c1-4(2)9-6(10)7-5(3)8-9/h4H,1-3H3,(H,7,8,10). The van der Waals surface area contributed by atoms with Gasteiger partial charge in [0.15, 0.2) is 0 Å². The summed E-state index contributed by atoms with van der Waals surface area (Å²) in [5, 5.41) is 3.05. The lowest BCUT2D eigenvalue weighted by molar-refractivity contribution is 0.521. The molecule has 0 spiro atoms. The molecule has 1 aromatic heterocycles. The number of hydrogen-bond donors (Lipinski definition) is 1. The van der Waals surface area contributed by atoms with Crippen LogP contribution in [0.4, 0.5) is 0 Å². The van der Waals surface area contributed by atoms with Crippen LogP contribution in [0, 0.1) is 11.7 Å². The van der Waals surface area contributed by atoms with Gasteiger partial charge in [-0.1, -0.05) is 0 Å². The molecule has 1 rings (SSSR count). The Morgan fingerprint density at radius 2 is 2.20 bits per heavy atom. The molecule has 0 bridgehead atoms. The van der Waals surface area contributed by atoms with E-state index in [1.165, 1.54) is 0 Å². The Labute approximate surface area is 65.1 Å². The average Bonchev–Trinajstić information content (AvgIpc) is 2.10. The molecule has 0 saturated heterocycles. The third kappa shape index (κ3) is 1.26. The minimum atomic E-state index is 0.369. The summed E-state index contributed by atoms with van der Waals surface area (Å²) in [5.41, 5.74) is 0. The van der Waals surface area contributed by atoms with Gasteiger partial charge in [0.25, 0.3) is 0 Å². The van der Waals surface area contributed by atoms with Crippen LogP contribution in [0.1, 0.15) is 25.7 Å². The van der Waals surface area contributed by atoms with Gasteiger partial charge in [0, 0.05) is 6.04 Å². The molecule has 0 radical (unpaired) electrons. The van der Waals surface area contributed by atoms with Gasteiger partial charge in [-0.2, -0.15) is 0 Å². The number of hydrogen-bond acceptors (Lipinski definition) is 2. The SMILES string of the molecule is Cc1nc(=S)n(C(C)C)[nH]1. The molecule has 0 aliphatic carbocycles. The summed E-state index contributed by atoms with van der Waals surface area (Å²) in [6, 6.07) is 0.369. The van der Waals surface area contributed by atoms with Gasteiger partial charge in [0.1, 0.15) is 5.82 Å². The van der Waals surface area contributed by atoms with Gasteiger partial charge >= 0.3 is 0 Å². The Balaban J connectivity index is 3.16. The van der Waals surface area contributed by atoms with Gasteiger partial charge in [-0.15, -0.1) is 0 Å². The van der Waals surface area contributed by atoms with Gasteiger partial charge < -0.3 is 0 Å². The first-order chi connectivity index (χ1) is 4.61. The van der Waals surface area contributed by atoms with Crippen molar-refractivity contribution >= 4 is 12.2 Å². The summed E-state index contributed by atoms with van der Waals surface area (Å²) in [6.07, 6.45) is 0. The maximum atomic E-state index is 4.97. The maximum Gasteiger partial charge on any atom is 0.216 e. The summed E-state index contributed by atoms with van der Waals surface area (Å²) in [7, 11) is 0. The van der Waals surface area contributed by atoms with Crippen LogP contribution in [-0.2, 0) is 0 Å². The molecule has 1 heterocycles. The molecule has 3 nitrogen and oxygen atoms in total. The maximum absolute atomic E-state index is 4.97.